The van der Waals surface area contributed by atoms with Crippen LogP contribution >= 0.6 is 7.26 Å². The second kappa shape index (κ2) is 13.8. The monoisotopic (exact) mass is 505 g/mol. The first-order valence-corrected chi connectivity index (χ1v) is 15.1. The predicted octanol–water partition coefficient (Wildman–Crippen LogP) is 1.41. The molecule has 2 amide bonds. The van der Waals surface area contributed by atoms with Crippen molar-refractivity contribution >= 4 is 24.9 Å². The Morgan fingerprint density at radius 3 is 2.09 bits per heavy atom. The number of primary amides is 1. The lowest BCUT2D eigenvalue weighted by molar-refractivity contribution is -0.215. The van der Waals surface area contributed by atoms with Crippen molar-refractivity contribution < 1.29 is 34.4 Å². The molecule has 1 saturated heterocycles. The number of carbonyl (C=O) groups excluding carboxylic acids is 3. The lowest BCUT2D eigenvalue weighted by Crippen LogP contribution is -2.73. The fraction of sp³-hybridized carbons (Fsp3) is 0.875. The molecule has 1 rings (SSSR count). The van der Waals surface area contributed by atoms with E-state index in [9.17, 15) is 29.7 Å². The van der Waals surface area contributed by atoms with Gasteiger partial charge in [0.05, 0.1) is 43.8 Å². The van der Waals surface area contributed by atoms with E-state index in [0.717, 1.165) is 63.9 Å². The molecule has 0 saturated carbocycles. The minimum absolute atomic E-state index is 0.118. The van der Waals surface area contributed by atoms with E-state index >= 15 is 0 Å². The smallest absolute Gasteiger partial charge is 0.290 e. The van der Waals surface area contributed by atoms with E-state index in [2.05, 4.69) is 26.1 Å². The first-order valence-electron chi connectivity index (χ1n) is 12.6. The van der Waals surface area contributed by atoms with E-state index in [1.807, 2.05) is 0 Å². The number of carbonyl (C=O) groups is 3. The van der Waals surface area contributed by atoms with Gasteiger partial charge >= 0.3 is 0 Å². The van der Waals surface area contributed by atoms with E-state index < -0.39 is 54.8 Å². The van der Waals surface area contributed by atoms with Crippen LogP contribution in [0.25, 0.3) is 0 Å². The number of aliphatic hydroxyl groups is 3. The van der Waals surface area contributed by atoms with Gasteiger partial charge in [0.2, 0.25) is 5.78 Å². The summed E-state index contributed by atoms with van der Waals surface area (Å²) >= 11 is 0. The molecule has 4 atom stereocenters. The third-order valence-electron chi connectivity index (χ3n) is 6.92. The zero-order valence-corrected chi connectivity index (χ0v) is 22.2. The lowest BCUT2D eigenvalue weighted by atomic mass is 9.88. The SMILES string of the molecule is CCCC[P+](CCCC)(CCCC)CC1CCO[C@](C(N)=O)([C@@H](O)[C@@](C)(O)CO)NC(=O)C1=O. The molecule has 1 aliphatic rings. The molecule has 0 aromatic rings. The van der Waals surface area contributed by atoms with Gasteiger partial charge in [-0.3, -0.25) is 14.4 Å². The summed E-state index contributed by atoms with van der Waals surface area (Å²) in [7, 11) is -1.48. The number of ether oxygens (including phenoxy) is 1. The van der Waals surface area contributed by atoms with Crippen LogP contribution in [-0.2, 0) is 19.1 Å². The van der Waals surface area contributed by atoms with Crippen LogP contribution in [0.2, 0.25) is 0 Å². The molecular weight excluding hydrogens is 459 g/mol. The Kier molecular flexibility index (Phi) is 12.6. The fourth-order valence-electron chi connectivity index (χ4n) is 4.62. The van der Waals surface area contributed by atoms with E-state index in [0.29, 0.717) is 6.16 Å². The summed E-state index contributed by atoms with van der Waals surface area (Å²) in [5.74, 6) is -3.53. The highest BCUT2D eigenvalue weighted by Crippen LogP contribution is 2.62. The minimum Gasteiger partial charge on any atom is -0.393 e. The summed E-state index contributed by atoms with van der Waals surface area (Å²) in [4.78, 5) is 38.5. The van der Waals surface area contributed by atoms with Crippen molar-refractivity contribution in [2.45, 2.75) is 90.1 Å². The molecule has 1 unspecified atom stereocenters. The number of nitrogens with one attached hydrogen (secondary N) is 1. The minimum atomic E-state index is -2.52. The Morgan fingerprint density at radius 1 is 1.18 bits per heavy atom. The van der Waals surface area contributed by atoms with Gasteiger partial charge in [0.25, 0.3) is 17.5 Å². The van der Waals surface area contributed by atoms with Crippen LogP contribution in [0.3, 0.4) is 0 Å². The maximum atomic E-state index is 13.3. The molecule has 1 heterocycles. The molecule has 0 aromatic carbocycles. The Morgan fingerprint density at radius 2 is 1.68 bits per heavy atom. The summed E-state index contributed by atoms with van der Waals surface area (Å²) < 4.78 is 5.62. The van der Waals surface area contributed by atoms with Gasteiger partial charge in [0.1, 0.15) is 11.7 Å². The number of hydrogen-bond acceptors (Lipinski definition) is 7. The Bertz CT molecular complexity index is 666. The van der Waals surface area contributed by atoms with Crippen molar-refractivity contribution in [3.63, 3.8) is 0 Å². The summed E-state index contributed by atoms with van der Waals surface area (Å²) in [6.45, 7) is 6.52. The highest BCUT2D eigenvalue weighted by molar-refractivity contribution is 7.75. The third kappa shape index (κ3) is 7.69. The second-order valence-electron chi connectivity index (χ2n) is 9.93. The Hall–Kier alpha value is -1.12. The van der Waals surface area contributed by atoms with Crippen molar-refractivity contribution in [3.8, 4) is 0 Å². The van der Waals surface area contributed by atoms with Gasteiger partial charge in [-0.2, -0.15) is 0 Å². The Balaban J connectivity index is 3.23. The highest BCUT2D eigenvalue weighted by Gasteiger charge is 2.56. The van der Waals surface area contributed by atoms with Crippen LogP contribution in [0.15, 0.2) is 0 Å². The predicted molar refractivity (Wildman–Crippen MR) is 134 cm³/mol. The van der Waals surface area contributed by atoms with Crippen molar-refractivity contribution in [1.82, 2.24) is 5.32 Å². The van der Waals surface area contributed by atoms with Gasteiger partial charge in [0, 0.05) is 7.26 Å². The van der Waals surface area contributed by atoms with Crippen molar-refractivity contribution in [2.75, 3.05) is 37.9 Å². The maximum Gasteiger partial charge on any atom is 0.290 e. The fourth-order valence-corrected chi connectivity index (χ4v) is 10.1. The van der Waals surface area contributed by atoms with Crippen LogP contribution in [0.1, 0.15) is 72.6 Å². The van der Waals surface area contributed by atoms with Crippen molar-refractivity contribution in [1.29, 1.82) is 0 Å². The molecular formula is C24H46N2O7P+. The van der Waals surface area contributed by atoms with Gasteiger partial charge in [-0.25, -0.2) is 0 Å². The number of hydrogen-bond donors (Lipinski definition) is 5. The summed E-state index contributed by atoms with van der Waals surface area (Å²) in [6.07, 6.45) is 8.60. The van der Waals surface area contributed by atoms with Gasteiger partial charge in [-0.1, -0.05) is 40.0 Å². The van der Waals surface area contributed by atoms with Crippen LogP contribution < -0.4 is 11.1 Å². The quantitative estimate of drug-likeness (QED) is 0.166. The van der Waals surface area contributed by atoms with Gasteiger partial charge in [-0.15, -0.1) is 0 Å². The highest BCUT2D eigenvalue weighted by atomic mass is 31.2. The van der Waals surface area contributed by atoms with Crippen LogP contribution in [0, 0.1) is 5.92 Å². The molecule has 1 fully saturated rings. The molecule has 34 heavy (non-hydrogen) atoms. The third-order valence-corrected chi connectivity index (χ3v) is 11.9. The normalized spacial score (nSPS) is 24.6. The van der Waals surface area contributed by atoms with Crippen molar-refractivity contribution in [2.24, 2.45) is 11.7 Å². The molecule has 0 aliphatic carbocycles. The molecule has 0 spiro atoms. The number of nitrogens with two attached hydrogens (primary N) is 1. The number of ketones is 1. The zero-order valence-electron chi connectivity index (χ0n) is 21.3. The molecule has 0 aromatic heterocycles. The average molecular weight is 506 g/mol. The van der Waals surface area contributed by atoms with Gasteiger partial charge in [0.15, 0.2) is 0 Å². The van der Waals surface area contributed by atoms with E-state index in [1.54, 1.807) is 0 Å². The zero-order chi connectivity index (χ0) is 26.0. The van der Waals surface area contributed by atoms with Gasteiger partial charge in [-0.05, 0) is 32.6 Å². The van der Waals surface area contributed by atoms with Crippen LogP contribution in [0.5, 0.6) is 0 Å². The number of unbranched alkanes of at least 4 members (excludes halogenated alkanes) is 3. The molecule has 198 valence electrons. The number of amides is 2. The van der Waals surface area contributed by atoms with Crippen molar-refractivity contribution in [3.05, 3.63) is 0 Å². The number of aliphatic hydroxyl groups excluding tert-OH is 2. The molecule has 0 radical (unpaired) electrons. The molecule has 6 N–H and O–H groups in total. The lowest BCUT2D eigenvalue weighted by Gasteiger charge is -2.42. The average Bonchev–Trinajstić information content (AvgIpc) is 2.81. The second-order valence-corrected chi connectivity index (χ2v) is 14.3. The van der Waals surface area contributed by atoms with E-state index in [-0.39, 0.29) is 13.0 Å². The van der Waals surface area contributed by atoms with E-state index in [1.165, 1.54) is 0 Å². The van der Waals surface area contributed by atoms with Gasteiger partial charge < -0.3 is 31.1 Å². The Labute approximate surface area is 204 Å². The standard InChI is InChI=1S/C24H45N2O7P/c1-5-8-13-34(14-9-6-2,15-10-7-3)16-18-11-12-33-24(22(25)31,26-20(29)19(18)28)21(30)23(4,32)17-27/h18,21,27,30,32H,5-17H2,1-4H3,(H2-,25,26,29,31)/p+1/t18?,21-,23-,24-/m0/s1. The molecule has 0 bridgehead atoms. The molecule has 1 aliphatic heterocycles. The first-order chi connectivity index (χ1) is 15.9. The number of rotatable bonds is 15. The summed E-state index contributed by atoms with van der Waals surface area (Å²) in [5, 5.41) is 32.5. The first kappa shape index (κ1) is 30.9. The summed E-state index contributed by atoms with van der Waals surface area (Å²) in [6, 6.07) is 0. The molecule has 10 heteroatoms. The van der Waals surface area contributed by atoms with Crippen LogP contribution in [0.4, 0.5) is 0 Å². The topological polar surface area (TPSA) is 159 Å². The summed E-state index contributed by atoms with van der Waals surface area (Å²) in [5.41, 5.74) is 0.718. The van der Waals surface area contributed by atoms with Crippen LogP contribution in [-0.4, -0.2) is 88.2 Å². The maximum absolute atomic E-state index is 13.3. The van der Waals surface area contributed by atoms with E-state index in [4.69, 9.17) is 10.5 Å². The molecule has 9 nitrogen and oxygen atoms in total. The number of Topliss-reactive ketones (excluding diaryl/α,β-unsaturated/α-hetero) is 1. The largest absolute Gasteiger partial charge is 0.393 e.